The number of fused-ring (bicyclic) bond motifs is 1. The molecule has 0 radical (unpaired) electrons. The van der Waals surface area contributed by atoms with Crippen LogP contribution in [-0.2, 0) is 16.0 Å². The molecule has 2 aromatic rings. The number of nitrogens with zero attached hydrogens (tertiary/aromatic N) is 4. The third-order valence-corrected chi connectivity index (χ3v) is 5.44. The number of ether oxygens (including phenoxy) is 2. The second kappa shape index (κ2) is 6.54. The summed E-state index contributed by atoms with van der Waals surface area (Å²) < 4.78 is 40.7. The van der Waals surface area contributed by atoms with Gasteiger partial charge in [0.15, 0.2) is 0 Å². The molecule has 1 aromatic carbocycles. The van der Waals surface area contributed by atoms with Gasteiger partial charge in [-0.3, -0.25) is 9.89 Å². The van der Waals surface area contributed by atoms with Gasteiger partial charge >= 0.3 is 0 Å². The summed E-state index contributed by atoms with van der Waals surface area (Å²) in [6.45, 7) is 3.00. The summed E-state index contributed by atoms with van der Waals surface area (Å²) in [7, 11) is 0. The molecule has 1 unspecified atom stereocenters. The summed E-state index contributed by atoms with van der Waals surface area (Å²) in [6.07, 6.45) is 3.11. The SMILES string of the molecule is Nc1ncc2c(n1)C(c1cc(F)c(CN3CCOC4(COC4)C3)c(F)c1)C=N2. The standard InChI is InChI=1S/C19H19F2N5O2/c20-14-3-11(12-5-23-16-6-24-18(22)25-17(12)16)4-15(21)13(14)7-26-1-2-28-19(8-26)9-27-10-19/h3-6,12H,1-2,7-10H2,(H2,22,24,25). The molecule has 2 fully saturated rings. The molecule has 0 saturated carbocycles. The Labute approximate surface area is 160 Å². The number of halogens is 2. The van der Waals surface area contributed by atoms with Crippen LogP contribution in [0, 0.1) is 11.6 Å². The minimum atomic E-state index is -0.579. The van der Waals surface area contributed by atoms with E-state index < -0.39 is 17.6 Å². The van der Waals surface area contributed by atoms with Crippen molar-refractivity contribution in [3.63, 3.8) is 0 Å². The largest absolute Gasteiger partial charge is 0.375 e. The van der Waals surface area contributed by atoms with Crippen molar-refractivity contribution in [1.82, 2.24) is 14.9 Å². The number of hydrogen-bond acceptors (Lipinski definition) is 7. The lowest BCUT2D eigenvalue weighted by molar-refractivity contribution is -0.238. The minimum absolute atomic E-state index is 0.0541. The third kappa shape index (κ3) is 2.95. The highest BCUT2D eigenvalue weighted by Crippen LogP contribution is 2.36. The van der Waals surface area contributed by atoms with Crippen molar-refractivity contribution in [2.24, 2.45) is 4.99 Å². The number of benzene rings is 1. The van der Waals surface area contributed by atoms with Crippen LogP contribution >= 0.6 is 0 Å². The van der Waals surface area contributed by atoms with Crippen LogP contribution in [0.25, 0.3) is 0 Å². The van der Waals surface area contributed by atoms with E-state index >= 15 is 0 Å². The average Bonchev–Trinajstić information content (AvgIpc) is 3.06. The summed E-state index contributed by atoms with van der Waals surface area (Å²) in [5.74, 6) is -1.50. The quantitative estimate of drug-likeness (QED) is 0.864. The molecule has 3 aliphatic heterocycles. The maximum absolute atomic E-state index is 14.8. The first-order valence-electron chi connectivity index (χ1n) is 9.11. The van der Waals surface area contributed by atoms with Crippen molar-refractivity contribution in [2.75, 3.05) is 38.6 Å². The van der Waals surface area contributed by atoms with Crippen LogP contribution in [0.4, 0.5) is 20.4 Å². The summed E-state index contributed by atoms with van der Waals surface area (Å²) in [4.78, 5) is 14.3. The second-order valence-electron chi connectivity index (χ2n) is 7.45. The van der Waals surface area contributed by atoms with E-state index in [2.05, 4.69) is 15.0 Å². The third-order valence-electron chi connectivity index (χ3n) is 5.44. The summed E-state index contributed by atoms with van der Waals surface area (Å²) >= 11 is 0. The fourth-order valence-corrected chi connectivity index (χ4v) is 3.94. The molecule has 1 aromatic heterocycles. The van der Waals surface area contributed by atoms with Crippen molar-refractivity contribution < 1.29 is 18.3 Å². The Morgan fingerprint density at radius 1 is 1.25 bits per heavy atom. The Hall–Kier alpha value is -2.49. The minimum Gasteiger partial charge on any atom is -0.375 e. The Bertz CT molecular complexity index is 940. The van der Waals surface area contributed by atoms with Crippen molar-refractivity contribution >= 4 is 17.9 Å². The monoisotopic (exact) mass is 387 g/mol. The zero-order valence-corrected chi connectivity index (χ0v) is 15.1. The predicted octanol–water partition coefficient (Wildman–Crippen LogP) is 1.79. The molecule has 7 nitrogen and oxygen atoms in total. The van der Waals surface area contributed by atoms with Crippen LogP contribution in [0.3, 0.4) is 0 Å². The number of nitrogen functional groups attached to an aromatic ring is 1. The van der Waals surface area contributed by atoms with Crippen LogP contribution in [0.5, 0.6) is 0 Å². The van der Waals surface area contributed by atoms with Crippen LogP contribution in [0.1, 0.15) is 22.7 Å². The van der Waals surface area contributed by atoms with Gasteiger partial charge < -0.3 is 15.2 Å². The number of aromatic nitrogens is 2. The smallest absolute Gasteiger partial charge is 0.220 e. The molecule has 1 atom stereocenters. The number of aliphatic imine (C=N–C) groups is 1. The Balaban J connectivity index is 1.39. The molecule has 2 saturated heterocycles. The number of anilines is 1. The fraction of sp³-hybridized carbons (Fsp3) is 0.421. The molecule has 2 N–H and O–H groups in total. The van der Waals surface area contributed by atoms with Crippen molar-refractivity contribution in [3.05, 3.63) is 46.8 Å². The zero-order valence-electron chi connectivity index (χ0n) is 15.1. The maximum Gasteiger partial charge on any atom is 0.220 e. The number of rotatable bonds is 3. The predicted molar refractivity (Wildman–Crippen MR) is 97.6 cm³/mol. The lowest BCUT2D eigenvalue weighted by atomic mass is 9.95. The van der Waals surface area contributed by atoms with Crippen molar-refractivity contribution in [1.29, 1.82) is 0 Å². The Morgan fingerprint density at radius 3 is 2.75 bits per heavy atom. The van der Waals surface area contributed by atoms with E-state index in [4.69, 9.17) is 15.2 Å². The normalized spacial score (nSPS) is 23.0. The molecule has 9 heteroatoms. The topological polar surface area (TPSA) is 85.9 Å². The molecule has 0 amide bonds. The van der Waals surface area contributed by atoms with Gasteiger partial charge in [0.05, 0.1) is 37.6 Å². The van der Waals surface area contributed by atoms with Crippen LogP contribution in [-0.4, -0.2) is 59.6 Å². The van der Waals surface area contributed by atoms with Gasteiger partial charge in [-0.1, -0.05) is 0 Å². The Morgan fingerprint density at radius 2 is 2.04 bits per heavy atom. The summed E-state index contributed by atoms with van der Waals surface area (Å²) in [6, 6.07) is 2.70. The lowest BCUT2D eigenvalue weighted by Crippen LogP contribution is -2.62. The van der Waals surface area contributed by atoms with Gasteiger partial charge in [0.1, 0.15) is 22.9 Å². The van der Waals surface area contributed by atoms with Gasteiger partial charge in [-0.25, -0.2) is 18.7 Å². The molecule has 3 aliphatic rings. The van der Waals surface area contributed by atoms with E-state index in [1.807, 2.05) is 4.90 Å². The first-order valence-corrected chi connectivity index (χ1v) is 9.11. The highest BCUT2D eigenvalue weighted by molar-refractivity contribution is 5.82. The number of hydrogen-bond donors (Lipinski definition) is 1. The van der Waals surface area contributed by atoms with Crippen molar-refractivity contribution in [2.45, 2.75) is 18.1 Å². The summed E-state index contributed by atoms with van der Waals surface area (Å²) in [5, 5.41) is 0. The van der Waals surface area contributed by atoms with Crippen molar-refractivity contribution in [3.8, 4) is 0 Å². The molecule has 4 heterocycles. The molecular weight excluding hydrogens is 368 g/mol. The van der Waals surface area contributed by atoms with E-state index in [1.165, 1.54) is 18.3 Å². The molecule has 0 aliphatic carbocycles. The first-order chi connectivity index (χ1) is 13.5. The maximum atomic E-state index is 14.8. The summed E-state index contributed by atoms with van der Waals surface area (Å²) in [5.41, 5.74) is 6.94. The number of morpholine rings is 1. The molecule has 0 bridgehead atoms. The van der Waals surface area contributed by atoms with E-state index in [-0.39, 0.29) is 23.7 Å². The molecule has 5 rings (SSSR count). The van der Waals surface area contributed by atoms with Crippen LogP contribution in [0.2, 0.25) is 0 Å². The van der Waals surface area contributed by atoms with Gasteiger partial charge in [0.25, 0.3) is 0 Å². The van der Waals surface area contributed by atoms with E-state index in [9.17, 15) is 8.78 Å². The van der Waals surface area contributed by atoms with Crippen LogP contribution in [0.15, 0.2) is 23.3 Å². The van der Waals surface area contributed by atoms with Gasteiger partial charge in [-0.05, 0) is 17.7 Å². The molecule has 1 spiro atoms. The van der Waals surface area contributed by atoms with Crippen LogP contribution < -0.4 is 5.73 Å². The lowest BCUT2D eigenvalue weighted by Gasteiger charge is -2.47. The fourth-order valence-electron chi connectivity index (χ4n) is 3.94. The number of nitrogens with two attached hydrogens (primary N) is 1. The average molecular weight is 387 g/mol. The van der Waals surface area contributed by atoms with E-state index in [0.29, 0.717) is 49.9 Å². The van der Waals surface area contributed by atoms with E-state index in [1.54, 1.807) is 6.21 Å². The van der Waals surface area contributed by atoms with Gasteiger partial charge in [0, 0.05) is 31.4 Å². The zero-order chi connectivity index (χ0) is 19.3. The van der Waals surface area contributed by atoms with E-state index in [0.717, 1.165) is 0 Å². The molecule has 28 heavy (non-hydrogen) atoms. The van der Waals surface area contributed by atoms with Gasteiger partial charge in [-0.15, -0.1) is 0 Å². The van der Waals surface area contributed by atoms with Gasteiger partial charge in [-0.2, -0.15) is 0 Å². The highest BCUT2D eigenvalue weighted by Gasteiger charge is 2.43. The molecular formula is C19H19F2N5O2. The first kappa shape index (κ1) is 17.6. The highest BCUT2D eigenvalue weighted by atomic mass is 19.1. The Kier molecular flexibility index (Phi) is 4.11. The second-order valence-corrected chi connectivity index (χ2v) is 7.45. The van der Waals surface area contributed by atoms with Gasteiger partial charge in [0.2, 0.25) is 5.95 Å². The molecule has 146 valence electrons.